The molecule has 3 N–H and O–H groups in total. The Labute approximate surface area is 217 Å². The van der Waals surface area contributed by atoms with E-state index in [0.29, 0.717) is 21.5 Å². The van der Waals surface area contributed by atoms with Gasteiger partial charge in [-0.05, 0) is 61.0 Å². The van der Waals surface area contributed by atoms with E-state index in [4.69, 9.17) is 21.8 Å². The fourth-order valence-electron chi connectivity index (χ4n) is 3.59. The van der Waals surface area contributed by atoms with Crippen molar-refractivity contribution in [2.24, 2.45) is 5.73 Å². The largest absolute Gasteiger partial charge is 0.414 e. The molecule has 2 amide bonds. The monoisotopic (exact) mass is 527 g/mol. The normalized spacial score (nSPS) is 13.9. The number of halogens is 1. The van der Waals surface area contributed by atoms with Gasteiger partial charge in [-0.3, -0.25) is 14.4 Å². The lowest BCUT2D eigenvalue weighted by Crippen LogP contribution is -2.45. The third kappa shape index (κ3) is 5.88. The maximum Gasteiger partial charge on any atom is 0.259 e. The van der Waals surface area contributed by atoms with Crippen LogP contribution in [0.2, 0.25) is 23.2 Å². The molecule has 0 radical (unpaired) electrons. The van der Waals surface area contributed by atoms with Crippen molar-refractivity contribution < 1.29 is 14.0 Å². The zero-order valence-electron chi connectivity index (χ0n) is 21.6. The number of primary amides is 1. The first-order valence-electron chi connectivity index (χ1n) is 11.9. The second kappa shape index (κ2) is 10.6. The number of aromatic nitrogens is 1. The van der Waals surface area contributed by atoms with Crippen molar-refractivity contribution in [3.8, 4) is 0 Å². The fourth-order valence-corrected chi connectivity index (χ4v) is 4.73. The molecule has 2 aromatic carbocycles. The maximum absolute atomic E-state index is 13.4. The topological polar surface area (TPSA) is 103 Å². The molecule has 7 nitrogen and oxygen atoms in total. The summed E-state index contributed by atoms with van der Waals surface area (Å²) in [4.78, 5) is 38.7. The quantitative estimate of drug-likeness (QED) is 0.380. The van der Waals surface area contributed by atoms with Gasteiger partial charge in [0.15, 0.2) is 8.32 Å². The Morgan fingerprint density at radius 3 is 2.31 bits per heavy atom. The molecule has 0 aliphatic rings. The summed E-state index contributed by atoms with van der Waals surface area (Å²) in [6.45, 7) is 12.3. The van der Waals surface area contributed by atoms with Gasteiger partial charge in [0, 0.05) is 27.7 Å². The number of nitrogens with two attached hydrogens (primary N) is 1. The summed E-state index contributed by atoms with van der Waals surface area (Å²) in [5, 5.41) is 4.41. The second-order valence-electron chi connectivity index (χ2n) is 10.5. The Morgan fingerprint density at radius 1 is 1.08 bits per heavy atom. The molecule has 0 bridgehead atoms. The Bertz CT molecular complexity index is 1330. The van der Waals surface area contributed by atoms with Gasteiger partial charge in [-0.25, -0.2) is 0 Å². The molecule has 0 saturated carbocycles. The minimum absolute atomic E-state index is 0.0201. The molecule has 3 aromatic rings. The molecule has 1 unspecified atom stereocenters. The van der Waals surface area contributed by atoms with E-state index in [1.165, 1.54) is 10.8 Å². The van der Waals surface area contributed by atoms with Gasteiger partial charge in [0.25, 0.3) is 5.56 Å². The van der Waals surface area contributed by atoms with E-state index in [1.54, 1.807) is 43.3 Å². The highest BCUT2D eigenvalue weighted by molar-refractivity contribution is 6.74. The molecule has 1 heterocycles. The van der Waals surface area contributed by atoms with Gasteiger partial charge < -0.3 is 20.0 Å². The summed E-state index contributed by atoms with van der Waals surface area (Å²) in [6, 6.07) is 13.0. The molecule has 36 heavy (non-hydrogen) atoms. The van der Waals surface area contributed by atoms with Crippen LogP contribution in [-0.4, -0.2) is 31.3 Å². The highest BCUT2D eigenvalue weighted by Gasteiger charge is 2.38. The first kappa shape index (κ1) is 27.6. The number of anilines is 1. The number of fused-ring (bicyclic) bond motifs is 1. The molecule has 0 saturated heterocycles. The Kier molecular flexibility index (Phi) is 8.12. The third-order valence-electron chi connectivity index (χ3n) is 7.07. The zero-order chi connectivity index (χ0) is 26.8. The summed E-state index contributed by atoms with van der Waals surface area (Å²) >= 11 is 5.96. The molecule has 0 aliphatic heterocycles. The number of rotatable bonds is 8. The Hall–Kier alpha value is -2.94. The van der Waals surface area contributed by atoms with Crippen molar-refractivity contribution in [3.05, 3.63) is 75.7 Å². The molecule has 0 fully saturated rings. The number of hydrogen-bond acceptors (Lipinski definition) is 4. The summed E-state index contributed by atoms with van der Waals surface area (Å²) in [5.74, 6) is -1.28. The van der Waals surface area contributed by atoms with E-state index in [1.807, 2.05) is 12.1 Å². The summed E-state index contributed by atoms with van der Waals surface area (Å²) in [6.07, 6.45) is 1.54. The summed E-state index contributed by atoms with van der Waals surface area (Å²) in [7, 11) is -2.16. The van der Waals surface area contributed by atoms with Crippen LogP contribution in [0.3, 0.4) is 0 Å². The second-order valence-corrected chi connectivity index (χ2v) is 15.8. The number of hydrogen-bond donors (Lipinski definition) is 2. The van der Waals surface area contributed by atoms with Crippen LogP contribution in [-0.2, 0) is 14.0 Å². The predicted molar refractivity (Wildman–Crippen MR) is 148 cm³/mol. The number of nitrogens with one attached hydrogen (secondary N) is 1. The van der Waals surface area contributed by atoms with E-state index < -0.39 is 26.2 Å². The molecular formula is C27H34ClN3O4Si. The molecule has 0 aliphatic carbocycles. The van der Waals surface area contributed by atoms with E-state index in [-0.39, 0.29) is 23.1 Å². The van der Waals surface area contributed by atoms with Gasteiger partial charge in [-0.15, -0.1) is 0 Å². The van der Waals surface area contributed by atoms with Crippen LogP contribution in [0, 0.1) is 0 Å². The van der Waals surface area contributed by atoms with Gasteiger partial charge in [0.1, 0.15) is 6.04 Å². The highest BCUT2D eigenvalue weighted by atomic mass is 35.5. The third-order valence-corrected chi connectivity index (χ3v) is 11.8. The predicted octanol–water partition coefficient (Wildman–Crippen LogP) is 5.45. The van der Waals surface area contributed by atoms with Gasteiger partial charge in [-0.2, -0.15) is 0 Å². The standard InChI is InChI=1S/C27H34ClN3O4Si/c1-17(18-10-12-19(28)13-11-18)25(33)30-22-9-7-8-21-20(22)14-15-31(26(21)34)23(24(29)32)16-35-36(5,6)27(2,3)4/h7-15,17,23H,16H2,1-6H3,(H2,29,32)(H,30,33)/t17?,23-/m1/s1. The van der Waals surface area contributed by atoms with Crippen LogP contribution in [0.25, 0.3) is 10.8 Å². The lowest BCUT2D eigenvalue weighted by atomic mass is 10.00. The van der Waals surface area contributed by atoms with Crippen LogP contribution in [0.1, 0.15) is 45.2 Å². The molecular weight excluding hydrogens is 494 g/mol. The molecule has 192 valence electrons. The molecule has 2 atom stereocenters. The number of pyridine rings is 1. The number of nitrogens with zero attached hydrogens (tertiary/aromatic N) is 1. The van der Waals surface area contributed by atoms with Crippen molar-refractivity contribution in [1.82, 2.24) is 4.57 Å². The minimum atomic E-state index is -2.16. The summed E-state index contributed by atoms with van der Waals surface area (Å²) < 4.78 is 7.52. The maximum atomic E-state index is 13.4. The van der Waals surface area contributed by atoms with E-state index in [2.05, 4.69) is 39.2 Å². The highest BCUT2D eigenvalue weighted by Crippen LogP contribution is 2.37. The van der Waals surface area contributed by atoms with E-state index in [0.717, 1.165) is 5.56 Å². The fraction of sp³-hybridized carbons (Fsp3) is 0.370. The van der Waals surface area contributed by atoms with Crippen molar-refractivity contribution in [2.75, 3.05) is 11.9 Å². The van der Waals surface area contributed by atoms with Crippen LogP contribution < -0.4 is 16.6 Å². The van der Waals surface area contributed by atoms with Crippen molar-refractivity contribution in [1.29, 1.82) is 0 Å². The van der Waals surface area contributed by atoms with Crippen molar-refractivity contribution in [3.63, 3.8) is 0 Å². The first-order valence-corrected chi connectivity index (χ1v) is 15.1. The first-order chi connectivity index (χ1) is 16.7. The average Bonchev–Trinajstić information content (AvgIpc) is 2.80. The minimum Gasteiger partial charge on any atom is -0.414 e. The molecule has 3 rings (SSSR count). The van der Waals surface area contributed by atoms with Crippen LogP contribution >= 0.6 is 11.6 Å². The number of carbonyl (C=O) groups excluding carboxylic acids is 2. The lowest BCUT2D eigenvalue weighted by Gasteiger charge is -2.37. The Morgan fingerprint density at radius 2 is 1.72 bits per heavy atom. The van der Waals surface area contributed by atoms with Crippen molar-refractivity contribution >= 4 is 48.2 Å². The van der Waals surface area contributed by atoms with Crippen molar-refractivity contribution in [2.45, 2.75) is 57.8 Å². The molecule has 9 heteroatoms. The van der Waals surface area contributed by atoms with Crippen LogP contribution in [0.15, 0.2) is 59.5 Å². The lowest BCUT2D eigenvalue weighted by molar-refractivity contribution is -0.122. The van der Waals surface area contributed by atoms with Gasteiger partial charge in [-0.1, -0.05) is 50.6 Å². The smallest absolute Gasteiger partial charge is 0.259 e. The van der Waals surface area contributed by atoms with E-state index >= 15 is 0 Å². The van der Waals surface area contributed by atoms with Gasteiger partial charge >= 0.3 is 0 Å². The van der Waals surface area contributed by atoms with Crippen LogP contribution in [0.4, 0.5) is 5.69 Å². The zero-order valence-corrected chi connectivity index (χ0v) is 23.3. The molecule has 1 aromatic heterocycles. The number of amides is 2. The SMILES string of the molecule is CC(C(=O)Nc1cccc2c(=O)n([C@H](CO[Si](C)(C)C(C)(C)C)C(N)=O)ccc12)c1ccc(Cl)cc1. The van der Waals surface area contributed by atoms with Gasteiger partial charge in [0.05, 0.1) is 12.5 Å². The number of benzene rings is 2. The van der Waals surface area contributed by atoms with E-state index in [9.17, 15) is 14.4 Å². The average molecular weight is 528 g/mol. The Balaban J connectivity index is 1.91. The van der Waals surface area contributed by atoms with Crippen LogP contribution in [0.5, 0.6) is 0 Å². The summed E-state index contributed by atoms with van der Waals surface area (Å²) in [5.41, 5.74) is 6.64. The molecule has 0 spiro atoms. The number of carbonyl (C=O) groups is 2. The van der Waals surface area contributed by atoms with Gasteiger partial charge in [0.2, 0.25) is 11.8 Å².